The Labute approximate surface area is 130 Å². The Balaban J connectivity index is 2.06. The Morgan fingerprint density at radius 1 is 1.33 bits per heavy atom. The number of nitrogens with one attached hydrogen (secondary N) is 1. The number of aliphatic hydroxyl groups excluding tert-OH is 1. The first-order chi connectivity index (χ1) is 9.88. The van der Waals surface area contributed by atoms with Crippen LogP contribution in [-0.2, 0) is 11.3 Å². The quantitative estimate of drug-likeness (QED) is 0.676. The van der Waals surface area contributed by atoms with Gasteiger partial charge in [-0.3, -0.25) is 0 Å². The summed E-state index contributed by atoms with van der Waals surface area (Å²) in [5.74, 6) is -0.0866. The molecule has 0 amide bonds. The molecule has 0 radical (unpaired) electrons. The van der Waals surface area contributed by atoms with Crippen LogP contribution >= 0.6 is 23.4 Å². The molecule has 0 aromatic heterocycles. The first-order valence-electron chi connectivity index (χ1n) is 6.29. The molecule has 0 fully saturated rings. The molecule has 1 aromatic rings. The van der Waals surface area contributed by atoms with Crippen molar-refractivity contribution in [2.24, 2.45) is 0 Å². The van der Waals surface area contributed by atoms with Crippen molar-refractivity contribution < 1.29 is 23.0 Å². The molecule has 1 atom stereocenters. The van der Waals surface area contributed by atoms with Gasteiger partial charge in [0.2, 0.25) is 0 Å². The molecule has 0 aliphatic heterocycles. The van der Waals surface area contributed by atoms with Crippen LogP contribution in [0.15, 0.2) is 24.3 Å². The van der Waals surface area contributed by atoms with Gasteiger partial charge in [-0.15, -0.1) is 0 Å². The molecule has 2 N–H and O–H groups in total. The number of rotatable bonds is 9. The average molecular weight is 344 g/mol. The molecule has 1 rings (SSSR count). The van der Waals surface area contributed by atoms with E-state index in [0.717, 1.165) is 5.56 Å². The van der Waals surface area contributed by atoms with E-state index in [1.165, 1.54) is 0 Å². The van der Waals surface area contributed by atoms with Crippen LogP contribution in [0.25, 0.3) is 0 Å². The normalized spacial score (nSPS) is 13.4. The van der Waals surface area contributed by atoms with Crippen molar-refractivity contribution in [2.75, 3.05) is 25.4 Å². The van der Waals surface area contributed by atoms with E-state index in [-0.39, 0.29) is 43.8 Å². The van der Waals surface area contributed by atoms with E-state index in [4.69, 9.17) is 16.3 Å². The lowest BCUT2D eigenvalue weighted by atomic mass is 10.2. The number of hydrogen-bond donors (Lipinski definition) is 2. The average Bonchev–Trinajstić information content (AvgIpc) is 2.39. The molecule has 1 aromatic carbocycles. The molecular formula is C13H17ClF3NO2S. The van der Waals surface area contributed by atoms with Gasteiger partial charge in [0.15, 0.2) is 0 Å². The highest BCUT2D eigenvalue weighted by Crippen LogP contribution is 2.29. The van der Waals surface area contributed by atoms with Crippen molar-refractivity contribution in [3.63, 3.8) is 0 Å². The molecule has 3 nitrogen and oxygen atoms in total. The molecule has 8 heteroatoms. The molecule has 0 heterocycles. The summed E-state index contributed by atoms with van der Waals surface area (Å²) in [7, 11) is 0. The summed E-state index contributed by atoms with van der Waals surface area (Å²) in [6, 6.07) is 7.21. The molecule has 0 saturated carbocycles. The Hall–Kier alpha value is -0.470. The summed E-state index contributed by atoms with van der Waals surface area (Å²) < 4.78 is 40.9. The van der Waals surface area contributed by atoms with Crippen LogP contribution in [-0.4, -0.2) is 42.2 Å². The largest absolute Gasteiger partial charge is 0.441 e. The van der Waals surface area contributed by atoms with Gasteiger partial charge in [-0.25, -0.2) is 0 Å². The molecule has 0 bridgehead atoms. The lowest BCUT2D eigenvalue weighted by molar-refractivity contribution is -0.0327. The van der Waals surface area contributed by atoms with Crippen LogP contribution in [0, 0.1) is 0 Å². The van der Waals surface area contributed by atoms with Crippen molar-refractivity contribution in [1.29, 1.82) is 0 Å². The number of benzene rings is 1. The zero-order valence-corrected chi connectivity index (χ0v) is 12.8. The second-order valence-corrected chi connectivity index (χ2v) is 5.83. The Kier molecular flexibility index (Phi) is 8.43. The SMILES string of the molecule is OC(CNCCSC(F)(F)F)COCc1ccccc1Cl. The zero-order chi connectivity index (χ0) is 15.7. The van der Waals surface area contributed by atoms with Crippen molar-refractivity contribution in [3.05, 3.63) is 34.9 Å². The van der Waals surface area contributed by atoms with E-state index >= 15 is 0 Å². The summed E-state index contributed by atoms with van der Waals surface area (Å²) in [4.78, 5) is 0. The summed E-state index contributed by atoms with van der Waals surface area (Å²) >= 11 is 5.86. The highest BCUT2D eigenvalue weighted by atomic mass is 35.5. The maximum Gasteiger partial charge on any atom is 0.441 e. The highest BCUT2D eigenvalue weighted by molar-refractivity contribution is 8.00. The number of thioether (sulfide) groups is 1. The maximum absolute atomic E-state index is 11.9. The highest BCUT2D eigenvalue weighted by Gasteiger charge is 2.27. The number of aliphatic hydroxyl groups is 1. The fourth-order valence-corrected chi connectivity index (χ4v) is 2.16. The van der Waals surface area contributed by atoms with Crippen LogP contribution in [0.5, 0.6) is 0 Å². The smallest absolute Gasteiger partial charge is 0.389 e. The molecule has 0 aliphatic rings. The van der Waals surface area contributed by atoms with Gasteiger partial charge in [-0.2, -0.15) is 13.2 Å². The first-order valence-corrected chi connectivity index (χ1v) is 7.65. The fourth-order valence-electron chi connectivity index (χ4n) is 1.49. The molecular weight excluding hydrogens is 327 g/mol. The van der Waals surface area contributed by atoms with Crippen LogP contribution < -0.4 is 5.32 Å². The molecule has 0 saturated heterocycles. The summed E-state index contributed by atoms with van der Waals surface area (Å²) in [5.41, 5.74) is -3.39. The van der Waals surface area contributed by atoms with Crippen LogP contribution in [0.1, 0.15) is 5.56 Å². The molecule has 0 aliphatic carbocycles. The summed E-state index contributed by atoms with van der Waals surface area (Å²) in [6.07, 6.45) is -0.775. The minimum absolute atomic E-state index is 0.0866. The van der Waals surface area contributed by atoms with E-state index in [9.17, 15) is 18.3 Å². The molecule has 21 heavy (non-hydrogen) atoms. The van der Waals surface area contributed by atoms with Gasteiger partial charge < -0.3 is 15.2 Å². The van der Waals surface area contributed by atoms with Crippen LogP contribution in [0.4, 0.5) is 13.2 Å². The van der Waals surface area contributed by atoms with Gasteiger partial charge in [0.25, 0.3) is 0 Å². The lowest BCUT2D eigenvalue weighted by Crippen LogP contribution is -2.32. The summed E-state index contributed by atoms with van der Waals surface area (Å²) in [6.45, 7) is 0.720. The first kappa shape index (κ1) is 18.6. The second-order valence-electron chi connectivity index (χ2n) is 4.26. The van der Waals surface area contributed by atoms with Gasteiger partial charge in [0.05, 0.1) is 19.3 Å². The fraction of sp³-hybridized carbons (Fsp3) is 0.538. The Morgan fingerprint density at radius 3 is 2.71 bits per heavy atom. The van der Waals surface area contributed by atoms with E-state index in [1.54, 1.807) is 6.07 Å². The minimum atomic E-state index is -4.21. The van der Waals surface area contributed by atoms with E-state index in [2.05, 4.69) is 5.32 Å². The minimum Gasteiger partial charge on any atom is -0.389 e. The van der Waals surface area contributed by atoms with E-state index in [1.807, 2.05) is 18.2 Å². The molecule has 120 valence electrons. The van der Waals surface area contributed by atoms with Crippen LogP contribution in [0.2, 0.25) is 5.02 Å². The number of ether oxygens (including phenoxy) is 1. The third-order valence-corrected chi connectivity index (χ3v) is 3.55. The lowest BCUT2D eigenvalue weighted by Gasteiger charge is -2.13. The zero-order valence-electron chi connectivity index (χ0n) is 11.2. The van der Waals surface area contributed by atoms with E-state index < -0.39 is 11.6 Å². The van der Waals surface area contributed by atoms with Crippen molar-refractivity contribution in [1.82, 2.24) is 5.32 Å². The third kappa shape index (κ3) is 9.21. The van der Waals surface area contributed by atoms with Gasteiger partial charge in [0, 0.05) is 23.9 Å². The van der Waals surface area contributed by atoms with Crippen molar-refractivity contribution in [3.8, 4) is 0 Å². The third-order valence-electron chi connectivity index (χ3n) is 2.45. The number of halogens is 4. The van der Waals surface area contributed by atoms with Crippen molar-refractivity contribution in [2.45, 2.75) is 18.2 Å². The van der Waals surface area contributed by atoms with Gasteiger partial charge >= 0.3 is 5.51 Å². The summed E-state index contributed by atoms with van der Waals surface area (Å²) in [5, 5.41) is 12.9. The maximum atomic E-state index is 11.9. The second kappa shape index (κ2) is 9.53. The Bertz CT molecular complexity index is 421. The number of alkyl halides is 3. The van der Waals surface area contributed by atoms with Gasteiger partial charge in [-0.05, 0) is 23.4 Å². The van der Waals surface area contributed by atoms with Gasteiger partial charge in [-0.1, -0.05) is 29.8 Å². The van der Waals surface area contributed by atoms with Gasteiger partial charge in [0.1, 0.15) is 0 Å². The van der Waals surface area contributed by atoms with E-state index in [0.29, 0.717) is 5.02 Å². The monoisotopic (exact) mass is 343 g/mol. The molecule has 0 spiro atoms. The number of hydrogen-bond acceptors (Lipinski definition) is 4. The topological polar surface area (TPSA) is 41.5 Å². The predicted octanol–water partition coefficient (Wildman–Crippen LogP) is 3.06. The van der Waals surface area contributed by atoms with Crippen LogP contribution in [0.3, 0.4) is 0 Å². The molecule has 1 unspecified atom stereocenters. The van der Waals surface area contributed by atoms with Crippen molar-refractivity contribution >= 4 is 23.4 Å². The Morgan fingerprint density at radius 2 is 2.05 bits per heavy atom. The standard InChI is InChI=1S/C13H17ClF3NO2S/c14-12-4-2-1-3-10(12)8-20-9-11(19)7-18-5-6-21-13(15,16)17/h1-4,11,18-19H,5-9H2. The predicted molar refractivity (Wildman–Crippen MR) is 78.5 cm³/mol.